The molecule has 0 N–H and O–H groups in total. The fraction of sp³-hybridized carbons (Fsp3) is 0.385. The van der Waals surface area contributed by atoms with Crippen LogP contribution in [-0.2, 0) is 18.3 Å². The molecule has 1 heterocycles. The van der Waals surface area contributed by atoms with Gasteiger partial charge in [0.1, 0.15) is 5.69 Å². The second kappa shape index (κ2) is 12.0. The maximum absolute atomic E-state index is 15.0. The van der Waals surface area contributed by atoms with E-state index >= 15 is 8.78 Å². The molecular formula is C26H9F23N2. The average Bonchev–Trinajstić information content (AvgIpc) is 2.98. The van der Waals surface area contributed by atoms with Crippen LogP contribution in [0.1, 0.15) is 16.8 Å². The van der Waals surface area contributed by atoms with Crippen molar-refractivity contribution in [3.63, 3.8) is 0 Å². The Hall–Kier alpha value is -4.09. The van der Waals surface area contributed by atoms with E-state index in [1.807, 2.05) is 0 Å². The highest BCUT2D eigenvalue weighted by atomic mass is 19.4. The van der Waals surface area contributed by atoms with Gasteiger partial charge in [0.05, 0.1) is 28.7 Å². The molecule has 2 aromatic carbocycles. The zero-order valence-electron chi connectivity index (χ0n) is 23.3. The van der Waals surface area contributed by atoms with Crippen LogP contribution in [0.5, 0.6) is 0 Å². The summed E-state index contributed by atoms with van der Waals surface area (Å²) < 4.78 is 312. The van der Waals surface area contributed by atoms with Gasteiger partial charge in [0, 0.05) is 11.1 Å². The molecule has 0 saturated carbocycles. The highest BCUT2D eigenvalue weighted by molar-refractivity contribution is 5.78. The molecule has 1 aromatic heterocycles. The zero-order chi connectivity index (χ0) is 39.8. The van der Waals surface area contributed by atoms with E-state index in [0.717, 1.165) is 0 Å². The number of alkyl halides is 23. The molecule has 0 spiro atoms. The van der Waals surface area contributed by atoms with Crippen LogP contribution in [0.2, 0.25) is 0 Å². The number of halogens is 23. The van der Waals surface area contributed by atoms with Gasteiger partial charge in [0.2, 0.25) is 0 Å². The normalized spacial score (nSPS) is 15.0. The lowest BCUT2D eigenvalue weighted by Gasteiger charge is -2.42. The predicted molar refractivity (Wildman–Crippen MR) is 123 cm³/mol. The van der Waals surface area contributed by atoms with Gasteiger partial charge in [0.25, 0.3) is 0 Å². The van der Waals surface area contributed by atoms with E-state index in [-0.39, 0.29) is 24.3 Å². The van der Waals surface area contributed by atoms with Crippen molar-refractivity contribution in [2.45, 2.75) is 60.0 Å². The molecule has 3 aromatic rings. The van der Waals surface area contributed by atoms with Gasteiger partial charge in [-0.3, -0.25) is 4.98 Å². The van der Waals surface area contributed by atoms with E-state index in [4.69, 9.17) is 0 Å². The first-order chi connectivity index (χ1) is 22.5. The SMILES string of the molecule is FC(F)(F)c1ccc(-c2ncc(C(F)(F)C(F)(F)C(F)(F)C(F)(F)C(F)(F)C(F)(F)C(F)(F)C(F)(F)F)nc2-c2ccc(C(F)(F)F)cc2)cc1. The zero-order valence-corrected chi connectivity index (χ0v) is 23.3. The highest BCUT2D eigenvalue weighted by Gasteiger charge is 2.95. The van der Waals surface area contributed by atoms with Gasteiger partial charge in [-0.25, -0.2) is 4.98 Å². The van der Waals surface area contributed by atoms with Crippen LogP contribution < -0.4 is 0 Å². The Morgan fingerprint density at radius 3 is 1.00 bits per heavy atom. The van der Waals surface area contributed by atoms with E-state index in [9.17, 15) is 92.2 Å². The summed E-state index contributed by atoms with van der Waals surface area (Å²) in [6, 6.07) is 2.36. The first-order valence-electron chi connectivity index (χ1n) is 12.5. The molecule has 0 radical (unpaired) electrons. The maximum atomic E-state index is 15.0. The number of benzene rings is 2. The fourth-order valence-corrected chi connectivity index (χ4v) is 3.91. The molecule has 0 fully saturated rings. The smallest absolute Gasteiger partial charge is 0.252 e. The second-order valence-corrected chi connectivity index (χ2v) is 10.1. The van der Waals surface area contributed by atoms with E-state index in [2.05, 4.69) is 9.97 Å². The Morgan fingerprint density at radius 2 is 0.667 bits per heavy atom. The Morgan fingerprint density at radius 1 is 0.353 bits per heavy atom. The van der Waals surface area contributed by atoms with Crippen LogP contribution >= 0.6 is 0 Å². The molecule has 25 heteroatoms. The van der Waals surface area contributed by atoms with Crippen molar-refractivity contribution in [1.29, 1.82) is 0 Å². The Balaban J connectivity index is 2.27. The van der Waals surface area contributed by atoms with Crippen LogP contribution in [0.3, 0.4) is 0 Å². The minimum absolute atomic E-state index is 0.140. The van der Waals surface area contributed by atoms with E-state index in [0.29, 0.717) is 24.3 Å². The summed E-state index contributed by atoms with van der Waals surface area (Å²) in [5, 5.41) is 0. The van der Waals surface area contributed by atoms with E-state index in [1.165, 1.54) is 0 Å². The van der Waals surface area contributed by atoms with Crippen molar-refractivity contribution < 1.29 is 101 Å². The largest absolute Gasteiger partial charge is 0.460 e. The van der Waals surface area contributed by atoms with Crippen molar-refractivity contribution in [3.05, 3.63) is 71.5 Å². The third-order valence-electron chi connectivity index (χ3n) is 6.79. The van der Waals surface area contributed by atoms with Gasteiger partial charge in [-0.05, 0) is 24.3 Å². The second-order valence-electron chi connectivity index (χ2n) is 10.1. The van der Waals surface area contributed by atoms with Crippen LogP contribution in [-0.4, -0.2) is 51.7 Å². The van der Waals surface area contributed by atoms with Crippen molar-refractivity contribution >= 4 is 0 Å². The summed E-state index contributed by atoms with van der Waals surface area (Å²) in [7, 11) is 0. The van der Waals surface area contributed by atoms with Crippen molar-refractivity contribution in [2.75, 3.05) is 0 Å². The quantitative estimate of drug-likeness (QED) is 0.202. The summed E-state index contributed by atoms with van der Waals surface area (Å²) in [4.78, 5) is 5.78. The van der Waals surface area contributed by atoms with E-state index < -0.39 is 106 Å². The molecule has 0 unspecified atom stereocenters. The summed E-state index contributed by atoms with van der Waals surface area (Å²) in [5.74, 6) is -59.0. The lowest BCUT2D eigenvalue weighted by molar-refractivity contribution is -0.462. The minimum Gasteiger partial charge on any atom is -0.252 e. The monoisotopic (exact) mass is 786 g/mol. The van der Waals surface area contributed by atoms with Crippen molar-refractivity contribution in [1.82, 2.24) is 9.97 Å². The minimum atomic E-state index is -8.90. The molecule has 0 bridgehead atoms. The molecule has 0 aliphatic heterocycles. The molecular weight excluding hydrogens is 777 g/mol. The topological polar surface area (TPSA) is 25.8 Å². The van der Waals surface area contributed by atoms with Gasteiger partial charge < -0.3 is 0 Å². The lowest BCUT2D eigenvalue weighted by atomic mass is 9.88. The summed E-state index contributed by atoms with van der Waals surface area (Å²) in [5.41, 5.74) is -10.0. The first-order valence-corrected chi connectivity index (χ1v) is 12.5. The molecule has 0 atom stereocenters. The summed E-state index contributed by atoms with van der Waals surface area (Å²) in [6.07, 6.45) is -18.9. The van der Waals surface area contributed by atoms with Crippen molar-refractivity contribution in [3.8, 4) is 22.5 Å². The molecule has 0 amide bonds. The number of aromatic nitrogens is 2. The molecule has 0 aliphatic rings. The van der Waals surface area contributed by atoms with Gasteiger partial charge >= 0.3 is 60.0 Å². The predicted octanol–water partition coefficient (Wildman–Crippen LogP) is 11.3. The Labute approximate surface area is 265 Å². The summed E-state index contributed by atoms with van der Waals surface area (Å²) >= 11 is 0. The molecule has 0 saturated heterocycles. The van der Waals surface area contributed by atoms with Crippen molar-refractivity contribution in [2.24, 2.45) is 0 Å². The average molecular weight is 786 g/mol. The number of hydrogen-bond acceptors (Lipinski definition) is 2. The van der Waals surface area contributed by atoms with Gasteiger partial charge in [-0.15, -0.1) is 0 Å². The van der Waals surface area contributed by atoms with Gasteiger partial charge in [0.15, 0.2) is 0 Å². The third-order valence-corrected chi connectivity index (χ3v) is 6.79. The van der Waals surface area contributed by atoms with Gasteiger partial charge in [-0.1, -0.05) is 24.3 Å². The lowest BCUT2D eigenvalue weighted by Crippen LogP contribution is -2.74. The fourth-order valence-electron chi connectivity index (χ4n) is 3.91. The number of hydrogen-bond donors (Lipinski definition) is 0. The maximum Gasteiger partial charge on any atom is 0.460 e. The summed E-state index contributed by atoms with van der Waals surface area (Å²) in [6.45, 7) is 0. The highest BCUT2D eigenvalue weighted by Crippen LogP contribution is 2.65. The standard InChI is InChI=1S/C26H9F23N2/c27-17(28,20(35,36)21(37,38)22(39,40)23(41,42)24(43,44)25(45,46)26(47,48)49)14-9-50-15(10-1-5-12(6-2-10)18(29,30)31)16(51-14)11-3-7-13(8-4-11)19(32,33)34/h1-9H. The number of rotatable bonds is 9. The Bertz CT molecular complexity index is 1720. The molecule has 2 nitrogen and oxygen atoms in total. The molecule has 51 heavy (non-hydrogen) atoms. The van der Waals surface area contributed by atoms with Crippen LogP contribution in [0.25, 0.3) is 22.5 Å². The van der Waals surface area contributed by atoms with Crippen LogP contribution in [0.15, 0.2) is 54.7 Å². The third kappa shape index (κ3) is 6.37. The van der Waals surface area contributed by atoms with E-state index in [1.54, 1.807) is 0 Å². The van der Waals surface area contributed by atoms with Crippen LogP contribution in [0.4, 0.5) is 101 Å². The van der Waals surface area contributed by atoms with Crippen LogP contribution in [0, 0.1) is 0 Å². The molecule has 0 aliphatic carbocycles. The Kier molecular flexibility index (Phi) is 9.71. The first kappa shape index (κ1) is 41.3. The molecule has 3 rings (SSSR count). The number of nitrogens with zero attached hydrogens (tertiary/aromatic N) is 2. The molecule has 284 valence electrons. The van der Waals surface area contributed by atoms with Gasteiger partial charge in [-0.2, -0.15) is 101 Å².